The maximum atomic E-state index is 12.5. The molecule has 1 aromatic heterocycles. The average molecular weight is 285 g/mol. The highest BCUT2D eigenvalue weighted by Gasteiger charge is 2.36. The molecule has 0 bridgehead atoms. The Kier molecular flexibility index (Phi) is 3.59. The third-order valence-corrected chi connectivity index (χ3v) is 5.26. The number of likely N-dealkylation sites (tertiary alicyclic amines) is 1. The van der Waals surface area contributed by atoms with E-state index in [1.807, 2.05) is 10.3 Å². The van der Waals surface area contributed by atoms with Gasteiger partial charge in [0.1, 0.15) is 4.88 Å². The van der Waals surface area contributed by atoms with Gasteiger partial charge in [0.25, 0.3) is 5.91 Å². The van der Waals surface area contributed by atoms with Crippen molar-refractivity contribution in [1.29, 1.82) is 0 Å². The molecule has 2 aliphatic heterocycles. The van der Waals surface area contributed by atoms with Crippen molar-refractivity contribution < 1.29 is 4.79 Å². The SMILES string of the molecule is O=C(c1sccc1Cl)N1CCCC1C1CCCN1. The molecule has 5 heteroatoms. The lowest BCUT2D eigenvalue weighted by molar-refractivity contribution is 0.0716. The highest BCUT2D eigenvalue weighted by Crippen LogP contribution is 2.30. The standard InChI is InChI=1S/C13H17ClN2OS/c14-9-5-8-18-12(9)13(17)16-7-2-4-11(16)10-3-1-6-15-10/h5,8,10-11,15H,1-4,6-7H2. The third kappa shape index (κ3) is 2.17. The molecule has 3 nitrogen and oxygen atoms in total. The first kappa shape index (κ1) is 12.5. The summed E-state index contributed by atoms with van der Waals surface area (Å²) in [6.07, 6.45) is 4.64. The molecule has 98 valence electrons. The number of rotatable bonds is 2. The number of amides is 1. The van der Waals surface area contributed by atoms with Crippen molar-refractivity contribution in [3.8, 4) is 0 Å². The Bertz CT molecular complexity index is 442. The molecule has 18 heavy (non-hydrogen) atoms. The fraction of sp³-hybridized carbons (Fsp3) is 0.615. The van der Waals surface area contributed by atoms with Crippen molar-refractivity contribution in [3.63, 3.8) is 0 Å². The summed E-state index contributed by atoms with van der Waals surface area (Å²) in [5, 5.41) is 6.00. The molecule has 3 rings (SSSR count). The summed E-state index contributed by atoms with van der Waals surface area (Å²) in [5.41, 5.74) is 0. The Labute approximate surface area is 116 Å². The van der Waals surface area contributed by atoms with Crippen molar-refractivity contribution in [2.45, 2.75) is 37.8 Å². The van der Waals surface area contributed by atoms with Crippen molar-refractivity contribution in [1.82, 2.24) is 10.2 Å². The Morgan fingerprint density at radius 3 is 3.00 bits per heavy atom. The first-order valence-electron chi connectivity index (χ1n) is 6.55. The van der Waals surface area contributed by atoms with Crippen molar-refractivity contribution in [2.75, 3.05) is 13.1 Å². The highest BCUT2D eigenvalue weighted by atomic mass is 35.5. The van der Waals surface area contributed by atoms with Gasteiger partial charge >= 0.3 is 0 Å². The average Bonchev–Trinajstić information content (AvgIpc) is 3.09. The first-order chi connectivity index (χ1) is 8.77. The van der Waals surface area contributed by atoms with Crippen LogP contribution in [0.1, 0.15) is 35.4 Å². The van der Waals surface area contributed by atoms with Gasteiger partial charge in [-0.15, -0.1) is 11.3 Å². The summed E-state index contributed by atoms with van der Waals surface area (Å²) in [4.78, 5) is 15.2. The number of carbonyl (C=O) groups is 1. The quantitative estimate of drug-likeness (QED) is 0.906. The van der Waals surface area contributed by atoms with E-state index in [-0.39, 0.29) is 5.91 Å². The monoisotopic (exact) mass is 284 g/mol. The molecule has 3 heterocycles. The van der Waals surface area contributed by atoms with E-state index in [0.717, 1.165) is 25.9 Å². The van der Waals surface area contributed by atoms with Gasteiger partial charge in [-0.05, 0) is 43.7 Å². The molecule has 1 amide bonds. The van der Waals surface area contributed by atoms with E-state index < -0.39 is 0 Å². The molecule has 0 spiro atoms. The van der Waals surface area contributed by atoms with E-state index in [0.29, 0.717) is 22.0 Å². The first-order valence-corrected chi connectivity index (χ1v) is 7.80. The van der Waals surface area contributed by atoms with Crippen LogP contribution in [-0.2, 0) is 0 Å². The van der Waals surface area contributed by atoms with Crippen LogP contribution in [0.15, 0.2) is 11.4 Å². The fourth-order valence-corrected chi connectivity index (χ4v) is 4.17. The van der Waals surface area contributed by atoms with E-state index in [1.54, 1.807) is 6.07 Å². The summed E-state index contributed by atoms with van der Waals surface area (Å²) in [6, 6.07) is 2.64. The Morgan fingerprint density at radius 2 is 2.33 bits per heavy atom. The van der Waals surface area contributed by atoms with E-state index >= 15 is 0 Å². The number of hydrogen-bond donors (Lipinski definition) is 1. The van der Waals surface area contributed by atoms with Crippen LogP contribution in [0.2, 0.25) is 5.02 Å². The van der Waals surface area contributed by atoms with Crippen LogP contribution in [0.5, 0.6) is 0 Å². The Balaban J connectivity index is 1.78. The molecular weight excluding hydrogens is 268 g/mol. The lowest BCUT2D eigenvalue weighted by Crippen LogP contribution is -2.46. The van der Waals surface area contributed by atoms with Gasteiger partial charge in [0.05, 0.1) is 5.02 Å². The fourth-order valence-electron chi connectivity index (χ4n) is 3.08. The second-order valence-electron chi connectivity index (χ2n) is 5.01. The molecule has 0 radical (unpaired) electrons. The van der Waals surface area contributed by atoms with Crippen molar-refractivity contribution in [3.05, 3.63) is 21.3 Å². The van der Waals surface area contributed by atoms with Crippen molar-refractivity contribution >= 4 is 28.8 Å². The van der Waals surface area contributed by atoms with E-state index in [1.165, 1.54) is 24.2 Å². The Hall–Kier alpha value is -0.580. The topological polar surface area (TPSA) is 32.3 Å². The largest absolute Gasteiger partial charge is 0.333 e. The summed E-state index contributed by atoms with van der Waals surface area (Å²) in [5.74, 6) is 0.117. The third-order valence-electron chi connectivity index (χ3n) is 3.93. The second-order valence-corrected chi connectivity index (χ2v) is 6.33. The van der Waals surface area contributed by atoms with E-state index in [9.17, 15) is 4.79 Å². The minimum Gasteiger partial charge on any atom is -0.333 e. The zero-order valence-corrected chi connectivity index (χ0v) is 11.8. The van der Waals surface area contributed by atoms with Crippen LogP contribution in [0.25, 0.3) is 0 Å². The van der Waals surface area contributed by atoms with Gasteiger partial charge in [-0.3, -0.25) is 4.79 Å². The molecule has 0 saturated carbocycles. The van der Waals surface area contributed by atoms with Crippen LogP contribution >= 0.6 is 22.9 Å². The minimum atomic E-state index is 0.117. The van der Waals surface area contributed by atoms with Gasteiger partial charge in [0.2, 0.25) is 0 Å². The number of nitrogens with one attached hydrogen (secondary N) is 1. The van der Waals surface area contributed by atoms with E-state index in [2.05, 4.69) is 5.32 Å². The zero-order chi connectivity index (χ0) is 12.5. The minimum absolute atomic E-state index is 0.117. The summed E-state index contributed by atoms with van der Waals surface area (Å²) < 4.78 is 0. The molecule has 1 N–H and O–H groups in total. The van der Waals surface area contributed by atoms with Gasteiger partial charge in [-0.1, -0.05) is 11.6 Å². The molecule has 2 atom stereocenters. The molecule has 2 unspecified atom stereocenters. The molecular formula is C13H17ClN2OS. The van der Waals surface area contributed by atoms with Crippen LogP contribution in [-0.4, -0.2) is 36.0 Å². The zero-order valence-electron chi connectivity index (χ0n) is 10.2. The van der Waals surface area contributed by atoms with Crippen LogP contribution in [0.4, 0.5) is 0 Å². The predicted octanol–water partition coefficient (Wildman–Crippen LogP) is 2.76. The molecule has 2 fully saturated rings. The normalized spacial score (nSPS) is 27.9. The number of carbonyl (C=O) groups excluding carboxylic acids is 1. The number of hydrogen-bond acceptors (Lipinski definition) is 3. The predicted molar refractivity (Wildman–Crippen MR) is 74.4 cm³/mol. The number of thiophene rings is 1. The van der Waals surface area contributed by atoms with Gasteiger partial charge in [0.15, 0.2) is 0 Å². The second kappa shape index (κ2) is 5.19. The molecule has 0 aromatic carbocycles. The van der Waals surface area contributed by atoms with Gasteiger partial charge in [-0.2, -0.15) is 0 Å². The van der Waals surface area contributed by atoms with Gasteiger partial charge in [0, 0.05) is 18.6 Å². The number of halogens is 1. The summed E-state index contributed by atoms with van der Waals surface area (Å²) in [6.45, 7) is 1.96. The molecule has 2 aliphatic rings. The molecule has 1 aromatic rings. The highest BCUT2D eigenvalue weighted by molar-refractivity contribution is 7.12. The molecule has 0 aliphatic carbocycles. The van der Waals surface area contributed by atoms with Gasteiger partial charge in [-0.25, -0.2) is 0 Å². The maximum Gasteiger partial charge on any atom is 0.265 e. The van der Waals surface area contributed by atoms with Crippen molar-refractivity contribution in [2.24, 2.45) is 0 Å². The molecule has 2 saturated heterocycles. The summed E-state index contributed by atoms with van der Waals surface area (Å²) in [7, 11) is 0. The van der Waals surface area contributed by atoms with Crippen LogP contribution in [0.3, 0.4) is 0 Å². The maximum absolute atomic E-state index is 12.5. The van der Waals surface area contributed by atoms with E-state index in [4.69, 9.17) is 11.6 Å². The lowest BCUT2D eigenvalue weighted by atomic mass is 10.0. The van der Waals surface area contributed by atoms with Gasteiger partial charge < -0.3 is 10.2 Å². The summed E-state index contributed by atoms with van der Waals surface area (Å²) >= 11 is 7.51. The Morgan fingerprint density at radius 1 is 1.44 bits per heavy atom. The number of nitrogens with zero attached hydrogens (tertiary/aromatic N) is 1. The lowest BCUT2D eigenvalue weighted by Gasteiger charge is -2.29. The van der Waals surface area contributed by atoms with Crippen LogP contribution in [0, 0.1) is 0 Å². The smallest absolute Gasteiger partial charge is 0.265 e. The van der Waals surface area contributed by atoms with Crippen LogP contribution < -0.4 is 5.32 Å².